The lowest BCUT2D eigenvalue weighted by atomic mass is 9.81. The van der Waals surface area contributed by atoms with Crippen molar-refractivity contribution in [3.63, 3.8) is 0 Å². The third-order valence-corrected chi connectivity index (χ3v) is 6.04. The highest BCUT2D eigenvalue weighted by atomic mass is 16.2. The van der Waals surface area contributed by atoms with Crippen molar-refractivity contribution in [3.8, 4) is 0 Å². The molecule has 27 heavy (non-hydrogen) atoms. The van der Waals surface area contributed by atoms with E-state index in [0.29, 0.717) is 19.4 Å². The highest BCUT2D eigenvalue weighted by molar-refractivity contribution is 6.10. The van der Waals surface area contributed by atoms with E-state index in [1.54, 1.807) is 16.8 Å². The van der Waals surface area contributed by atoms with E-state index in [4.69, 9.17) is 0 Å². The van der Waals surface area contributed by atoms with E-state index >= 15 is 0 Å². The molecule has 0 radical (unpaired) electrons. The second-order valence-corrected chi connectivity index (χ2v) is 7.75. The van der Waals surface area contributed by atoms with Gasteiger partial charge in [0.25, 0.3) is 5.91 Å². The second kappa shape index (κ2) is 7.33. The lowest BCUT2D eigenvalue weighted by Gasteiger charge is -2.35. The molecular weight excluding hydrogens is 342 g/mol. The Morgan fingerprint density at radius 2 is 1.81 bits per heavy atom. The van der Waals surface area contributed by atoms with Crippen LogP contribution in [0.3, 0.4) is 0 Å². The van der Waals surface area contributed by atoms with Gasteiger partial charge in [0.15, 0.2) is 0 Å². The van der Waals surface area contributed by atoms with Gasteiger partial charge in [-0.2, -0.15) is 0 Å². The Morgan fingerprint density at radius 3 is 2.41 bits per heavy atom. The molecule has 3 rings (SSSR count). The first-order chi connectivity index (χ1) is 12.8. The lowest BCUT2D eigenvalue weighted by Crippen LogP contribution is -2.49. The summed E-state index contributed by atoms with van der Waals surface area (Å²) in [4.78, 5) is 43.2. The molecule has 1 aliphatic heterocycles. The third kappa shape index (κ3) is 3.22. The number of nitrogens with zero attached hydrogens (tertiary/aromatic N) is 3. The van der Waals surface area contributed by atoms with Crippen molar-refractivity contribution in [3.05, 3.63) is 29.3 Å². The molecular formula is C21H29N3O3. The molecule has 2 aliphatic rings. The molecule has 1 aromatic carbocycles. The number of rotatable bonds is 4. The lowest BCUT2D eigenvalue weighted by molar-refractivity contribution is -0.136. The van der Waals surface area contributed by atoms with E-state index in [2.05, 4.69) is 0 Å². The highest BCUT2D eigenvalue weighted by Gasteiger charge is 2.56. The molecule has 0 unspecified atom stereocenters. The Balaban J connectivity index is 1.82. The number of carbonyl (C=O) groups is 3. The van der Waals surface area contributed by atoms with Crippen LogP contribution >= 0.6 is 0 Å². The van der Waals surface area contributed by atoms with Crippen molar-refractivity contribution in [2.45, 2.75) is 58.4 Å². The molecule has 1 saturated carbocycles. The van der Waals surface area contributed by atoms with Gasteiger partial charge in [-0.25, -0.2) is 4.79 Å². The maximum atomic E-state index is 13.1. The summed E-state index contributed by atoms with van der Waals surface area (Å²) in [5.41, 5.74) is 2.22. The Hall–Kier alpha value is -2.37. The van der Waals surface area contributed by atoms with Crippen molar-refractivity contribution >= 4 is 23.5 Å². The van der Waals surface area contributed by atoms with Crippen molar-refractivity contribution < 1.29 is 14.4 Å². The van der Waals surface area contributed by atoms with E-state index in [-0.39, 0.29) is 24.4 Å². The molecule has 0 N–H and O–H groups in total. The Kier molecular flexibility index (Phi) is 5.27. The first-order valence-corrected chi connectivity index (χ1v) is 9.79. The third-order valence-electron chi connectivity index (χ3n) is 6.04. The summed E-state index contributed by atoms with van der Waals surface area (Å²) in [6, 6.07) is 5.57. The summed E-state index contributed by atoms with van der Waals surface area (Å²) >= 11 is 0. The first-order valence-electron chi connectivity index (χ1n) is 9.79. The van der Waals surface area contributed by atoms with E-state index in [0.717, 1.165) is 41.0 Å². The summed E-state index contributed by atoms with van der Waals surface area (Å²) in [5.74, 6) is -0.438. The van der Waals surface area contributed by atoms with Crippen LogP contribution in [0.4, 0.5) is 10.5 Å². The SMILES string of the molecule is CCN(C(=O)CN1C(=O)N(C)C2(CCCCC2)C1=O)c1ccc(C)cc1C. The van der Waals surface area contributed by atoms with Crippen LogP contribution in [0.1, 0.15) is 50.2 Å². The minimum atomic E-state index is -0.744. The topological polar surface area (TPSA) is 60.9 Å². The van der Waals surface area contributed by atoms with Crippen LogP contribution in [-0.2, 0) is 9.59 Å². The van der Waals surface area contributed by atoms with Gasteiger partial charge in [0, 0.05) is 19.3 Å². The van der Waals surface area contributed by atoms with Crippen LogP contribution in [-0.4, -0.2) is 53.3 Å². The standard InChI is InChI=1S/C21H29N3O3/c1-5-23(17-10-9-15(2)13-16(17)3)18(25)14-24-19(26)21(22(4)20(24)27)11-7-6-8-12-21/h9-10,13H,5-8,11-12,14H2,1-4H3. The van der Waals surface area contributed by atoms with Crippen LogP contribution < -0.4 is 4.90 Å². The minimum absolute atomic E-state index is 0.203. The molecule has 1 aromatic rings. The normalized spacial score (nSPS) is 19.1. The van der Waals surface area contributed by atoms with Gasteiger partial charge in [0.2, 0.25) is 5.91 Å². The Bertz CT molecular complexity index is 768. The van der Waals surface area contributed by atoms with Gasteiger partial charge >= 0.3 is 6.03 Å². The zero-order valence-corrected chi connectivity index (χ0v) is 16.7. The predicted octanol–water partition coefficient (Wildman–Crippen LogP) is 3.25. The molecule has 146 valence electrons. The summed E-state index contributed by atoms with van der Waals surface area (Å²) < 4.78 is 0. The smallest absolute Gasteiger partial charge is 0.313 e. The zero-order chi connectivity index (χ0) is 19.8. The van der Waals surface area contributed by atoms with E-state index in [9.17, 15) is 14.4 Å². The number of urea groups is 1. The van der Waals surface area contributed by atoms with Crippen LogP contribution in [0.2, 0.25) is 0 Å². The molecule has 0 atom stereocenters. The van der Waals surface area contributed by atoms with Gasteiger partial charge in [-0.3, -0.25) is 14.5 Å². The second-order valence-electron chi connectivity index (χ2n) is 7.75. The molecule has 1 aliphatic carbocycles. The van der Waals surface area contributed by atoms with Crippen molar-refractivity contribution in [1.82, 2.24) is 9.80 Å². The molecule has 6 heteroatoms. The van der Waals surface area contributed by atoms with Gasteiger partial charge in [0.1, 0.15) is 12.1 Å². The predicted molar refractivity (Wildman–Crippen MR) is 105 cm³/mol. The van der Waals surface area contributed by atoms with Crippen molar-refractivity contribution in [2.75, 3.05) is 25.0 Å². The van der Waals surface area contributed by atoms with E-state index < -0.39 is 5.54 Å². The molecule has 2 fully saturated rings. The number of anilines is 1. The fourth-order valence-corrected chi connectivity index (χ4v) is 4.48. The Labute approximate surface area is 161 Å². The number of hydrogen-bond donors (Lipinski definition) is 0. The quantitative estimate of drug-likeness (QED) is 0.763. The number of carbonyl (C=O) groups excluding carboxylic acids is 3. The molecule has 1 spiro atoms. The maximum Gasteiger partial charge on any atom is 0.327 e. The first kappa shape index (κ1) is 19.4. The Morgan fingerprint density at radius 1 is 1.15 bits per heavy atom. The summed E-state index contributed by atoms with van der Waals surface area (Å²) in [6.45, 7) is 6.16. The number of amides is 4. The number of aryl methyl sites for hydroxylation is 2. The number of hydrogen-bond acceptors (Lipinski definition) is 3. The average Bonchev–Trinajstić information content (AvgIpc) is 2.81. The summed E-state index contributed by atoms with van der Waals surface area (Å²) in [6.07, 6.45) is 4.34. The average molecular weight is 371 g/mol. The van der Waals surface area contributed by atoms with E-state index in [1.165, 1.54) is 0 Å². The number of likely N-dealkylation sites (N-methyl/N-ethyl adjacent to an activating group) is 2. The molecule has 1 saturated heterocycles. The molecule has 4 amide bonds. The van der Waals surface area contributed by atoms with Gasteiger partial charge in [-0.1, -0.05) is 37.0 Å². The highest BCUT2D eigenvalue weighted by Crippen LogP contribution is 2.39. The number of benzene rings is 1. The monoisotopic (exact) mass is 371 g/mol. The van der Waals surface area contributed by atoms with Crippen molar-refractivity contribution in [1.29, 1.82) is 0 Å². The van der Waals surface area contributed by atoms with Crippen LogP contribution in [0.25, 0.3) is 0 Å². The summed E-state index contributed by atoms with van der Waals surface area (Å²) in [5, 5.41) is 0. The molecule has 0 bridgehead atoms. The van der Waals surface area contributed by atoms with Crippen LogP contribution in [0, 0.1) is 13.8 Å². The zero-order valence-electron chi connectivity index (χ0n) is 16.7. The van der Waals surface area contributed by atoms with Crippen LogP contribution in [0.15, 0.2) is 18.2 Å². The van der Waals surface area contributed by atoms with Gasteiger partial charge in [-0.05, 0) is 45.2 Å². The molecule has 1 heterocycles. The molecule has 6 nitrogen and oxygen atoms in total. The maximum absolute atomic E-state index is 13.1. The largest absolute Gasteiger partial charge is 0.327 e. The van der Waals surface area contributed by atoms with E-state index in [1.807, 2.05) is 39.0 Å². The van der Waals surface area contributed by atoms with Gasteiger partial charge < -0.3 is 9.80 Å². The minimum Gasteiger partial charge on any atom is -0.313 e. The van der Waals surface area contributed by atoms with Crippen molar-refractivity contribution in [2.24, 2.45) is 0 Å². The number of imide groups is 1. The summed E-state index contributed by atoms with van der Waals surface area (Å²) in [7, 11) is 1.69. The van der Waals surface area contributed by atoms with Crippen LogP contribution in [0.5, 0.6) is 0 Å². The fraction of sp³-hybridized carbons (Fsp3) is 0.571. The van der Waals surface area contributed by atoms with Gasteiger partial charge in [-0.15, -0.1) is 0 Å². The molecule has 0 aromatic heterocycles. The van der Waals surface area contributed by atoms with Gasteiger partial charge in [0.05, 0.1) is 0 Å². The fourth-order valence-electron chi connectivity index (χ4n) is 4.48.